The van der Waals surface area contributed by atoms with E-state index in [2.05, 4.69) is 4.98 Å². The van der Waals surface area contributed by atoms with Crippen LogP contribution in [0.3, 0.4) is 0 Å². The summed E-state index contributed by atoms with van der Waals surface area (Å²) in [5.41, 5.74) is 0.839. The Morgan fingerprint density at radius 2 is 2.24 bits per heavy atom. The second-order valence-electron chi connectivity index (χ2n) is 6.25. The van der Waals surface area contributed by atoms with Crippen molar-refractivity contribution < 1.29 is 19.5 Å². The number of thiazole rings is 1. The number of likely N-dealkylation sites (tertiary alicyclic amines) is 1. The topological polar surface area (TPSA) is 95.2 Å². The molecule has 1 aliphatic rings. The lowest BCUT2D eigenvalue weighted by Gasteiger charge is -2.32. The molecule has 9 heteroatoms. The molecule has 1 fully saturated rings. The standard InChI is InChI=1S/C16H20N4O4S/c1-18(9-14(22)19-5-2-3-11(8-19)15(23)24)13(21)7-12-10-25-16-17-4-6-20(12)16/h4,6,10-11H,2-3,5,7-9H2,1H3,(H,23,24). The lowest BCUT2D eigenvalue weighted by atomic mass is 9.98. The number of hydrogen-bond donors (Lipinski definition) is 1. The lowest BCUT2D eigenvalue weighted by Crippen LogP contribution is -2.47. The van der Waals surface area contributed by atoms with Crippen LogP contribution in [-0.2, 0) is 20.8 Å². The summed E-state index contributed by atoms with van der Waals surface area (Å²) in [5.74, 6) is -1.75. The summed E-state index contributed by atoms with van der Waals surface area (Å²) in [4.78, 5) is 43.8. The molecule has 0 aromatic carbocycles. The number of carbonyl (C=O) groups is 3. The molecule has 1 N–H and O–H groups in total. The van der Waals surface area contributed by atoms with E-state index in [0.29, 0.717) is 19.4 Å². The number of hydrogen-bond acceptors (Lipinski definition) is 5. The fraction of sp³-hybridized carbons (Fsp3) is 0.500. The zero-order valence-corrected chi connectivity index (χ0v) is 14.7. The van der Waals surface area contributed by atoms with Gasteiger partial charge in [-0.3, -0.25) is 18.8 Å². The first-order valence-electron chi connectivity index (χ1n) is 8.09. The summed E-state index contributed by atoms with van der Waals surface area (Å²) in [6, 6.07) is 0. The van der Waals surface area contributed by atoms with Crippen molar-refractivity contribution in [2.24, 2.45) is 5.92 Å². The molecule has 0 radical (unpaired) electrons. The smallest absolute Gasteiger partial charge is 0.308 e. The first-order chi connectivity index (χ1) is 12.0. The van der Waals surface area contributed by atoms with Crippen LogP contribution >= 0.6 is 11.3 Å². The maximum atomic E-state index is 12.4. The largest absolute Gasteiger partial charge is 0.481 e. The molecule has 8 nitrogen and oxygen atoms in total. The van der Waals surface area contributed by atoms with Gasteiger partial charge in [0.2, 0.25) is 11.8 Å². The third-order valence-corrected chi connectivity index (χ3v) is 5.37. The molecule has 25 heavy (non-hydrogen) atoms. The van der Waals surface area contributed by atoms with Gasteiger partial charge >= 0.3 is 5.97 Å². The number of carbonyl (C=O) groups excluding carboxylic acids is 2. The van der Waals surface area contributed by atoms with Crippen LogP contribution in [0.5, 0.6) is 0 Å². The van der Waals surface area contributed by atoms with Gasteiger partial charge in [-0.15, -0.1) is 11.3 Å². The first kappa shape index (κ1) is 17.4. The number of aromatic nitrogens is 2. The molecule has 2 aromatic rings. The second-order valence-corrected chi connectivity index (χ2v) is 7.09. The van der Waals surface area contributed by atoms with E-state index in [-0.39, 0.29) is 31.3 Å². The molecule has 2 aromatic heterocycles. The molecular weight excluding hydrogens is 344 g/mol. The Bertz CT molecular complexity index is 799. The van der Waals surface area contributed by atoms with Crippen LogP contribution in [0.1, 0.15) is 18.5 Å². The molecule has 1 atom stereocenters. The maximum Gasteiger partial charge on any atom is 0.308 e. The van der Waals surface area contributed by atoms with Crippen molar-refractivity contribution in [2.45, 2.75) is 19.3 Å². The molecule has 2 amide bonds. The Labute approximate surface area is 148 Å². The summed E-state index contributed by atoms with van der Waals surface area (Å²) >= 11 is 1.46. The molecule has 0 aliphatic carbocycles. The van der Waals surface area contributed by atoms with Gasteiger partial charge in [0.25, 0.3) is 0 Å². The van der Waals surface area contributed by atoms with Crippen LogP contribution in [0.15, 0.2) is 17.8 Å². The molecule has 0 bridgehead atoms. The SMILES string of the molecule is CN(CC(=O)N1CCCC(C(=O)O)C1)C(=O)Cc1csc2nccn12. The summed E-state index contributed by atoms with van der Waals surface area (Å²) in [7, 11) is 1.59. The number of piperidine rings is 1. The molecule has 3 rings (SSSR count). The van der Waals surface area contributed by atoms with Gasteiger partial charge in [0.1, 0.15) is 0 Å². The molecular formula is C16H20N4O4S. The van der Waals surface area contributed by atoms with Crippen LogP contribution < -0.4 is 0 Å². The van der Waals surface area contributed by atoms with Gasteiger partial charge in [-0.05, 0) is 12.8 Å². The number of amides is 2. The summed E-state index contributed by atoms with van der Waals surface area (Å²) in [6.07, 6.45) is 4.94. The Kier molecular flexibility index (Phi) is 5.03. The van der Waals surface area contributed by atoms with Crippen LogP contribution in [0.4, 0.5) is 0 Å². The Morgan fingerprint density at radius 1 is 1.44 bits per heavy atom. The normalized spacial score (nSPS) is 17.6. The maximum absolute atomic E-state index is 12.4. The third-order valence-electron chi connectivity index (χ3n) is 4.47. The van der Waals surface area contributed by atoms with E-state index in [1.807, 2.05) is 9.78 Å². The number of fused-ring (bicyclic) bond motifs is 1. The highest BCUT2D eigenvalue weighted by atomic mass is 32.1. The van der Waals surface area contributed by atoms with Crippen LogP contribution in [0.25, 0.3) is 4.96 Å². The highest BCUT2D eigenvalue weighted by Gasteiger charge is 2.29. The number of carboxylic acid groups (broad SMARTS) is 1. The van der Waals surface area contributed by atoms with Gasteiger partial charge in [-0.25, -0.2) is 4.98 Å². The van der Waals surface area contributed by atoms with Crippen molar-refractivity contribution in [3.05, 3.63) is 23.5 Å². The quantitative estimate of drug-likeness (QED) is 0.843. The minimum atomic E-state index is -0.872. The average Bonchev–Trinajstić information content (AvgIpc) is 3.19. The van der Waals surface area contributed by atoms with E-state index in [0.717, 1.165) is 10.7 Å². The number of rotatable bonds is 5. The molecule has 1 unspecified atom stereocenters. The van der Waals surface area contributed by atoms with E-state index < -0.39 is 11.9 Å². The molecule has 3 heterocycles. The molecule has 1 saturated heterocycles. The van der Waals surface area contributed by atoms with Crippen molar-refractivity contribution in [2.75, 3.05) is 26.7 Å². The number of likely N-dealkylation sites (N-methyl/N-ethyl adjacent to an activating group) is 1. The second kappa shape index (κ2) is 7.22. The van der Waals surface area contributed by atoms with E-state index in [9.17, 15) is 14.4 Å². The van der Waals surface area contributed by atoms with Crippen molar-refractivity contribution in [1.29, 1.82) is 0 Å². The zero-order chi connectivity index (χ0) is 18.0. The minimum Gasteiger partial charge on any atom is -0.481 e. The van der Waals surface area contributed by atoms with Crippen molar-refractivity contribution in [3.8, 4) is 0 Å². The number of nitrogens with zero attached hydrogens (tertiary/aromatic N) is 4. The van der Waals surface area contributed by atoms with Crippen LogP contribution in [0.2, 0.25) is 0 Å². The Balaban J connectivity index is 1.56. The molecule has 0 spiro atoms. The first-order valence-corrected chi connectivity index (χ1v) is 8.97. The lowest BCUT2D eigenvalue weighted by molar-refractivity contribution is -0.147. The van der Waals surface area contributed by atoms with Gasteiger partial charge in [-0.2, -0.15) is 0 Å². The van der Waals surface area contributed by atoms with Crippen molar-refractivity contribution in [3.63, 3.8) is 0 Å². The van der Waals surface area contributed by atoms with Crippen molar-refractivity contribution >= 4 is 34.1 Å². The third kappa shape index (κ3) is 3.81. The van der Waals surface area contributed by atoms with Gasteiger partial charge in [0.15, 0.2) is 4.96 Å². The summed E-state index contributed by atoms with van der Waals surface area (Å²) < 4.78 is 1.86. The predicted octanol–water partition coefficient (Wildman–Crippen LogP) is 0.720. The van der Waals surface area contributed by atoms with Crippen LogP contribution in [-0.4, -0.2) is 68.8 Å². The zero-order valence-electron chi connectivity index (χ0n) is 13.9. The molecule has 134 valence electrons. The van der Waals surface area contributed by atoms with E-state index in [1.165, 1.54) is 16.2 Å². The highest BCUT2D eigenvalue weighted by molar-refractivity contribution is 7.15. The Morgan fingerprint density at radius 3 is 3.00 bits per heavy atom. The predicted molar refractivity (Wildman–Crippen MR) is 91.3 cm³/mol. The average molecular weight is 364 g/mol. The minimum absolute atomic E-state index is 0.0393. The van der Waals surface area contributed by atoms with Crippen molar-refractivity contribution in [1.82, 2.24) is 19.2 Å². The highest BCUT2D eigenvalue weighted by Crippen LogP contribution is 2.18. The summed E-state index contributed by atoms with van der Waals surface area (Å²) in [6.45, 7) is 0.726. The monoisotopic (exact) mass is 364 g/mol. The molecule has 1 aliphatic heterocycles. The van der Waals surface area contributed by atoms with Gasteiger partial charge < -0.3 is 14.9 Å². The number of aliphatic carboxylic acids is 1. The van der Waals surface area contributed by atoms with E-state index in [1.54, 1.807) is 24.3 Å². The van der Waals surface area contributed by atoms with Gasteiger partial charge in [0.05, 0.1) is 18.9 Å². The van der Waals surface area contributed by atoms with E-state index in [4.69, 9.17) is 5.11 Å². The van der Waals surface area contributed by atoms with Gasteiger partial charge in [-0.1, -0.05) is 0 Å². The number of imidazole rings is 1. The molecule has 0 saturated carbocycles. The number of carboxylic acids is 1. The van der Waals surface area contributed by atoms with E-state index >= 15 is 0 Å². The van der Waals surface area contributed by atoms with Gasteiger partial charge in [0, 0.05) is 43.6 Å². The fourth-order valence-electron chi connectivity index (χ4n) is 2.99. The fourth-order valence-corrected chi connectivity index (χ4v) is 3.84. The summed E-state index contributed by atoms with van der Waals surface area (Å²) in [5, 5.41) is 11.0. The Hall–Kier alpha value is -2.42. The van der Waals surface area contributed by atoms with Crippen LogP contribution in [0, 0.1) is 5.92 Å².